The number of ether oxygens (including phenoxy) is 3. The van der Waals surface area contributed by atoms with Crippen molar-refractivity contribution in [2.75, 3.05) is 59.0 Å². The fraction of sp³-hybridized carbons (Fsp3) is 0.450. The van der Waals surface area contributed by atoms with Crippen LogP contribution in [0.15, 0.2) is 40.4 Å². The first-order chi connectivity index (χ1) is 15.4. The number of aromatic nitrogens is 1. The predicted molar refractivity (Wildman–Crippen MR) is 119 cm³/mol. The number of hydrogen-bond acceptors (Lipinski definition) is 8. The maximum atomic E-state index is 13.1. The van der Waals surface area contributed by atoms with E-state index in [1.807, 2.05) is 6.07 Å². The van der Waals surface area contributed by atoms with E-state index in [9.17, 15) is 8.42 Å². The zero-order valence-corrected chi connectivity index (χ0v) is 18.9. The third-order valence-electron chi connectivity index (χ3n) is 5.41. The Morgan fingerprint density at radius 3 is 2.72 bits per heavy atom. The van der Waals surface area contributed by atoms with Gasteiger partial charge in [-0.1, -0.05) is 0 Å². The summed E-state index contributed by atoms with van der Waals surface area (Å²) in [7, 11) is -0.590. The van der Waals surface area contributed by atoms with Gasteiger partial charge in [-0.3, -0.25) is 10.7 Å². The van der Waals surface area contributed by atoms with Crippen LogP contribution >= 0.6 is 0 Å². The fourth-order valence-corrected chi connectivity index (χ4v) is 5.18. The summed E-state index contributed by atoms with van der Waals surface area (Å²) in [6.07, 6.45) is 1.78. The van der Waals surface area contributed by atoms with Gasteiger partial charge in [0.05, 0.1) is 49.5 Å². The third-order valence-corrected chi connectivity index (χ3v) is 7.31. The van der Waals surface area contributed by atoms with E-state index in [2.05, 4.69) is 20.6 Å². The third kappa shape index (κ3) is 4.19. The number of nitrogens with two attached hydrogens (primary N) is 1. The highest BCUT2D eigenvalue weighted by Gasteiger charge is 2.38. The first-order valence-electron chi connectivity index (χ1n) is 10.2. The molecule has 0 spiro atoms. The van der Waals surface area contributed by atoms with Crippen LogP contribution in [0.3, 0.4) is 0 Å². The number of amidine groups is 1. The molecule has 1 saturated heterocycles. The zero-order chi connectivity index (χ0) is 22.8. The van der Waals surface area contributed by atoms with Crippen molar-refractivity contribution in [3.63, 3.8) is 0 Å². The van der Waals surface area contributed by atoms with Crippen molar-refractivity contribution in [3.05, 3.63) is 41.6 Å². The molecule has 2 aromatic rings. The Kier molecular flexibility index (Phi) is 6.40. The highest BCUT2D eigenvalue weighted by Crippen LogP contribution is 2.34. The number of benzene rings is 1. The number of nitrogens with zero attached hydrogens (tertiary/aromatic N) is 2. The van der Waals surface area contributed by atoms with E-state index in [0.717, 1.165) is 5.56 Å². The molecular formula is C20H28N6O5S. The quantitative estimate of drug-likeness (QED) is 0.426. The predicted octanol–water partition coefficient (Wildman–Crippen LogP) is 0.222. The Balaban J connectivity index is 1.69. The van der Waals surface area contributed by atoms with Crippen molar-refractivity contribution < 1.29 is 22.6 Å². The Morgan fingerprint density at radius 1 is 1.22 bits per heavy atom. The van der Waals surface area contributed by atoms with Gasteiger partial charge in [0.2, 0.25) is 10.0 Å². The molecule has 1 aromatic carbocycles. The van der Waals surface area contributed by atoms with Gasteiger partial charge in [-0.25, -0.2) is 8.42 Å². The molecule has 1 aromatic heterocycles. The largest absolute Gasteiger partial charge is 0.496 e. The van der Waals surface area contributed by atoms with Crippen LogP contribution < -0.4 is 21.1 Å². The summed E-state index contributed by atoms with van der Waals surface area (Å²) in [5, 5.41) is 6.46. The number of sulfonamides is 1. The van der Waals surface area contributed by atoms with E-state index < -0.39 is 15.8 Å². The summed E-state index contributed by atoms with van der Waals surface area (Å²) in [6, 6.07) is 6.55. The molecule has 0 bridgehead atoms. The molecule has 3 heterocycles. The zero-order valence-electron chi connectivity index (χ0n) is 18.1. The molecule has 5 N–H and O–H groups in total. The number of H-pyrrole nitrogens is 1. The van der Waals surface area contributed by atoms with Crippen LogP contribution in [-0.4, -0.2) is 77.2 Å². The molecule has 0 radical (unpaired) electrons. The lowest BCUT2D eigenvalue weighted by Gasteiger charge is -2.38. The van der Waals surface area contributed by atoms with Gasteiger partial charge >= 0.3 is 0 Å². The summed E-state index contributed by atoms with van der Waals surface area (Å²) in [6.45, 7) is 2.29. The van der Waals surface area contributed by atoms with E-state index in [0.29, 0.717) is 62.4 Å². The van der Waals surface area contributed by atoms with Crippen molar-refractivity contribution in [2.24, 2.45) is 10.7 Å². The minimum Gasteiger partial charge on any atom is -0.496 e. The summed E-state index contributed by atoms with van der Waals surface area (Å²) in [5.74, 6) is 0.310. The number of methoxy groups -OCH3 is 2. The number of aromatic amines is 1. The van der Waals surface area contributed by atoms with Gasteiger partial charge in [0.1, 0.15) is 17.4 Å². The van der Waals surface area contributed by atoms with E-state index in [1.54, 1.807) is 19.4 Å². The number of anilines is 1. The van der Waals surface area contributed by atoms with Crippen LogP contribution in [0.5, 0.6) is 5.75 Å². The van der Waals surface area contributed by atoms with Crippen LogP contribution in [0, 0.1) is 0 Å². The molecule has 12 heteroatoms. The first kappa shape index (κ1) is 22.6. The molecular weight excluding hydrogens is 436 g/mol. The number of fused-ring (bicyclic) bond motifs is 1. The van der Waals surface area contributed by atoms with E-state index >= 15 is 0 Å². The maximum Gasteiger partial charge on any atom is 0.243 e. The van der Waals surface area contributed by atoms with Gasteiger partial charge in [-0.15, -0.1) is 0 Å². The van der Waals surface area contributed by atoms with Gasteiger partial charge in [-0.2, -0.15) is 4.31 Å². The summed E-state index contributed by atoms with van der Waals surface area (Å²) < 4.78 is 43.5. The summed E-state index contributed by atoms with van der Waals surface area (Å²) in [5.41, 5.74) is 8.09. The highest BCUT2D eigenvalue weighted by atomic mass is 32.2. The van der Waals surface area contributed by atoms with E-state index in [4.69, 9.17) is 19.9 Å². The molecule has 2 aliphatic heterocycles. The molecule has 32 heavy (non-hydrogen) atoms. The van der Waals surface area contributed by atoms with Crippen LogP contribution in [0.2, 0.25) is 0 Å². The van der Waals surface area contributed by atoms with Crippen LogP contribution in [-0.2, 0) is 25.3 Å². The highest BCUT2D eigenvalue weighted by molar-refractivity contribution is 7.89. The maximum absolute atomic E-state index is 13.1. The van der Waals surface area contributed by atoms with Gasteiger partial charge < -0.3 is 29.8 Å². The second-order valence-electron chi connectivity index (χ2n) is 7.43. The average molecular weight is 465 g/mol. The average Bonchev–Trinajstić information content (AvgIpc) is 3.27. The number of nitrogens with one attached hydrogen (secondary N) is 3. The lowest BCUT2D eigenvalue weighted by atomic mass is 10.0. The Labute approximate surface area is 187 Å². The van der Waals surface area contributed by atoms with Crippen LogP contribution in [0.25, 0.3) is 0 Å². The molecule has 0 aliphatic carbocycles. The first-order valence-corrected chi connectivity index (χ1v) is 11.7. The topological polar surface area (TPSA) is 143 Å². The van der Waals surface area contributed by atoms with Crippen molar-refractivity contribution in [1.82, 2.24) is 14.6 Å². The van der Waals surface area contributed by atoms with E-state index in [1.165, 1.54) is 23.5 Å². The van der Waals surface area contributed by atoms with Crippen molar-refractivity contribution in [2.45, 2.75) is 10.7 Å². The van der Waals surface area contributed by atoms with Gasteiger partial charge in [-0.05, 0) is 18.2 Å². The lowest BCUT2D eigenvalue weighted by molar-refractivity contribution is 0.0730. The monoisotopic (exact) mass is 464 g/mol. The molecule has 11 nitrogen and oxygen atoms in total. The Morgan fingerprint density at radius 2 is 2.00 bits per heavy atom. The van der Waals surface area contributed by atoms with Crippen molar-refractivity contribution in [3.8, 4) is 5.75 Å². The smallest absolute Gasteiger partial charge is 0.243 e. The van der Waals surface area contributed by atoms with Crippen molar-refractivity contribution in [1.29, 1.82) is 0 Å². The minimum atomic E-state index is -3.68. The second kappa shape index (κ2) is 9.08. The Bertz CT molecular complexity index is 1100. The second-order valence-corrected chi connectivity index (χ2v) is 9.36. The Hall–Kier alpha value is -2.64. The SMILES string of the molecule is COCCN=C1NC(N)(c2ccc(S(=O)(=O)N3CCOCC3)cc2OC)Nc2[nH]ccc21. The van der Waals surface area contributed by atoms with Crippen molar-refractivity contribution >= 4 is 21.7 Å². The van der Waals surface area contributed by atoms with Crippen LogP contribution in [0.1, 0.15) is 11.1 Å². The molecule has 1 fully saturated rings. The molecule has 4 rings (SSSR count). The normalized spacial score (nSPS) is 22.8. The van der Waals surface area contributed by atoms with Gasteiger partial charge in [0.15, 0.2) is 5.79 Å². The summed E-state index contributed by atoms with van der Waals surface area (Å²) in [4.78, 5) is 7.82. The molecule has 0 saturated carbocycles. The standard InChI is InChI=1S/C20H28N6O5S/c1-29-10-7-23-19-15-5-6-22-18(15)24-20(21,25-19)16-4-3-14(13-17(16)30-2)32(27,28)26-8-11-31-12-9-26/h3-6,13,22,24H,7-12,21H2,1-2H3,(H,23,25). The minimum absolute atomic E-state index is 0.133. The number of aliphatic imine (C=N–C) groups is 1. The number of rotatable bonds is 7. The number of hydrogen-bond donors (Lipinski definition) is 4. The van der Waals surface area contributed by atoms with Gasteiger partial charge in [0.25, 0.3) is 0 Å². The molecule has 2 aliphatic rings. The van der Waals surface area contributed by atoms with Crippen LogP contribution in [0.4, 0.5) is 5.82 Å². The van der Waals surface area contributed by atoms with E-state index in [-0.39, 0.29) is 4.90 Å². The molecule has 174 valence electrons. The molecule has 0 amide bonds. The lowest BCUT2D eigenvalue weighted by Crippen LogP contribution is -2.61. The molecule has 1 atom stereocenters. The fourth-order valence-electron chi connectivity index (χ4n) is 3.75. The molecule has 1 unspecified atom stereocenters. The van der Waals surface area contributed by atoms with Gasteiger partial charge in [0, 0.05) is 32.5 Å². The number of morpholine rings is 1. The summed E-state index contributed by atoms with van der Waals surface area (Å²) >= 11 is 0.